The van der Waals surface area contributed by atoms with Crippen molar-refractivity contribution in [1.29, 1.82) is 0 Å². The van der Waals surface area contributed by atoms with E-state index in [1.165, 1.54) is 23.5 Å². The van der Waals surface area contributed by atoms with Crippen LogP contribution in [0.25, 0.3) is 11.0 Å². The molecule has 0 radical (unpaired) electrons. The van der Waals surface area contributed by atoms with Crippen LogP contribution < -0.4 is 10.6 Å². The molecule has 3 heterocycles. The van der Waals surface area contributed by atoms with Crippen LogP contribution in [0.3, 0.4) is 0 Å². The number of aromatic nitrogens is 4. The molecule has 0 spiro atoms. The second-order valence-corrected chi connectivity index (χ2v) is 3.94. The third-order valence-electron chi connectivity index (χ3n) is 2.71. The number of carbonyl (C=O) groups excluding carboxylic acids is 1. The molecule has 0 aliphatic carbocycles. The number of pyridine rings is 2. The number of urea groups is 1. The number of hydrogen-bond donors (Lipinski definition) is 1. The fourth-order valence-electron chi connectivity index (χ4n) is 1.91. The maximum absolute atomic E-state index is 11.8. The van der Waals surface area contributed by atoms with Gasteiger partial charge in [-0.15, -0.1) is 0 Å². The summed E-state index contributed by atoms with van der Waals surface area (Å²) in [5.74, 6) is 0.332. The van der Waals surface area contributed by atoms with Crippen LogP contribution in [0.15, 0.2) is 49.2 Å². The quantitative estimate of drug-likeness (QED) is 0.760. The fourth-order valence-corrected chi connectivity index (χ4v) is 1.91. The molecule has 3 rings (SSSR count). The highest BCUT2D eigenvalue weighted by Crippen LogP contribution is 2.28. The SMILES string of the molecule is NC(=O)N(c1cnccn1)c1ccnc2cccnc12. The highest BCUT2D eigenvalue weighted by Gasteiger charge is 2.19. The van der Waals surface area contributed by atoms with Gasteiger partial charge in [-0.1, -0.05) is 0 Å². The van der Waals surface area contributed by atoms with Crippen molar-refractivity contribution in [2.75, 3.05) is 4.90 Å². The van der Waals surface area contributed by atoms with Gasteiger partial charge in [0.25, 0.3) is 0 Å². The maximum atomic E-state index is 11.8. The van der Waals surface area contributed by atoms with E-state index >= 15 is 0 Å². The van der Waals surface area contributed by atoms with Crippen molar-refractivity contribution in [2.24, 2.45) is 5.73 Å². The van der Waals surface area contributed by atoms with Gasteiger partial charge in [0.2, 0.25) is 0 Å². The zero-order valence-electron chi connectivity index (χ0n) is 10.3. The summed E-state index contributed by atoms with van der Waals surface area (Å²) in [5, 5.41) is 0. The molecular weight excluding hydrogens is 256 g/mol. The fraction of sp³-hybridized carbons (Fsp3) is 0. The summed E-state index contributed by atoms with van der Waals surface area (Å²) in [7, 11) is 0. The third-order valence-corrected chi connectivity index (χ3v) is 2.71. The predicted octanol–water partition coefficient (Wildman–Crippen LogP) is 1.64. The molecule has 3 aromatic heterocycles. The summed E-state index contributed by atoms with van der Waals surface area (Å²) >= 11 is 0. The van der Waals surface area contributed by atoms with Crippen LogP contribution in [-0.2, 0) is 0 Å². The first-order valence-electron chi connectivity index (χ1n) is 5.82. The van der Waals surface area contributed by atoms with Gasteiger partial charge in [-0.05, 0) is 18.2 Å². The normalized spacial score (nSPS) is 10.4. The number of fused-ring (bicyclic) bond motifs is 1. The highest BCUT2D eigenvalue weighted by atomic mass is 16.2. The Hall–Kier alpha value is -3.09. The van der Waals surface area contributed by atoms with Gasteiger partial charge in [0, 0.05) is 24.8 Å². The van der Waals surface area contributed by atoms with E-state index in [9.17, 15) is 4.79 Å². The Balaban J connectivity index is 2.23. The van der Waals surface area contributed by atoms with Crippen LogP contribution in [0.2, 0.25) is 0 Å². The molecule has 7 heteroatoms. The number of nitrogens with zero attached hydrogens (tertiary/aromatic N) is 5. The van der Waals surface area contributed by atoms with Gasteiger partial charge >= 0.3 is 6.03 Å². The van der Waals surface area contributed by atoms with Gasteiger partial charge in [0.05, 0.1) is 17.4 Å². The Kier molecular flexibility index (Phi) is 2.92. The zero-order valence-corrected chi connectivity index (χ0v) is 10.3. The molecule has 0 unspecified atom stereocenters. The van der Waals surface area contributed by atoms with Crippen molar-refractivity contribution in [2.45, 2.75) is 0 Å². The summed E-state index contributed by atoms with van der Waals surface area (Å²) in [5.41, 5.74) is 7.22. The van der Waals surface area contributed by atoms with E-state index in [0.717, 1.165) is 0 Å². The minimum absolute atomic E-state index is 0.332. The molecule has 20 heavy (non-hydrogen) atoms. The van der Waals surface area contributed by atoms with Crippen LogP contribution >= 0.6 is 0 Å². The molecular formula is C13H10N6O. The van der Waals surface area contributed by atoms with Gasteiger partial charge in [-0.25, -0.2) is 14.7 Å². The van der Waals surface area contributed by atoms with E-state index in [0.29, 0.717) is 22.5 Å². The number of nitrogens with two attached hydrogens (primary N) is 1. The second-order valence-electron chi connectivity index (χ2n) is 3.94. The molecule has 7 nitrogen and oxygen atoms in total. The van der Waals surface area contributed by atoms with E-state index in [-0.39, 0.29) is 0 Å². The first-order chi connectivity index (χ1) is 9.77. The maximum Gasteiger partial charge on any atom is 0.325 e. The van der Waals surface area contributed by atoms with Crippen molar-refractivity contribution in [3.05, 3.63) is 49.2 Å². The number of carbonyl (C=O) groups is 1. The number of rotatable bonds is 2. The molecule has 2 amide bonds. The molecule has 0 atom stereocenters. The molecule has 3 aromatic rings. The monoisotopic (exact) mass is 266 g/mol. The molecule has 0 saturated heterocycles. The lowest BCUT2D eigenvalue weighted by Gasteiger charge is -2.19. The molecule has 0 aliphatic rings. The average Bonchev–Trinajstić information content (AvgIpc) is 2.48. The molecule has 2 N–H and O–H groups in total. The molecule has 0 fully saturated rings. The summed E-state index contributed by atoms with van der Waals surface area (Å²) < 4.78 is 0. The van der Waals surface area contributed by atoms with E-state index in [4.69, 9.17) is 5.73 Å². The predicted molar refractivity (Wildman–Crippen MR) is 73.3 cm³/mol. The Morgan fingerprint density at radius 1 is 1.05 bits per heavy atom. The van der Waals surface area contributed by atoms with Crippen LogP contribution in [-0.4, -0.2) is 26.0 Å². The lowest BCUT2D eigenvalue weighted by molar-refractivity contribution is 0.256. The highest BCUT2D eigenvalue weighted by molar-refractivity contribution is 6.04. The lowest BCUT2D eigenvalue weighted by Crippen LogP contribution is -2.32. The number of anilines is 2. The first-order valence-corrected chi connectivity index (χ1v) is 5.82. The molecule has 0 aromatic carbocycles. The average molecular weight is 266 g/mol. The summed E-state index contributed by atoms with van der Waals surface area (Å²) in [6, 6.07) is 4.58. The summed E-state index contributed by atoms with van der Waals surface area (Å²) in [4.78, 5) is 29.5. The van der Waals surface area contributed by atoms with Crippen LogP contribution in [0.4, 0.5) is 16.3 Å². The molecule has 0 bridgehead atoms. The van der Waals surface area contributed by atoms with E-state index in [1.54, 1.807) is 24.5 Å². The Morgan fingerprint density at radius 2 is 1.95 bits per heavy atom. The summed E-state index contributed by atoms with van der Waals surface area (Å²) in [6.45, 7) is 0. The topological polar surface area (TPSA) is 97.9 Å². The van der Waals surface area contributed by atoms with E-state index < -0.39 is 6.03 Å². The lowest BCUT2D eigenvalue weighted by atomic mass is 10.2. The Morgan fingerprint density at radius 3 is 2.70 bits per heavy atom. The van der Waals surface area contributed by atoms with Gasteiger partial charge in [0.1, 0.15) is 5.52 Å². The Bertz CT molecular complexity index is 756. The van der Waals surface area contributed by atoms with Crippen molar-refractivity contribution in [3.8, 4) is 0 Å². The first kappa shape index (κ1) is 12.0. The van der Waals surface area contributed by atoms with E-state index in [1.807, 2.05) is 6.07 Å². The van der Waals surface area contributed by atoms with Gasteiger partial charge < -0.3 is 5.73 Å². The minimum atomic E-state index is -0.663. The van der Waals surface area contributed by atoms with Gasteiger partial charge in [0.15, 0.2) is 5.82 Å². The van der Waals surface area contributed by atoms with E-state index in [2.05, 4.69) is 19.9 Å². The van der Waals surface area contributed by atoms with Gasteiger partial charge in [-0.2, -0.15) is 0 Å². The molecule has 98 valence electrons. The molecule has 0 aliphatic heterocycles. The largest absolute Gasteiger partial charge is 0.351 e. The zero-order chi connectivity index (χ0) is 13.9. The number of primary amides is 1. The van der Waals surface area contributed by atoms with Crippen molar-refractivity contribution in [1.82, 2.24) is 19.9 Å². The summed E-state index contributed by atoms with van der Waals surface area (Å²) in [6.07, 6.45) is 7.68. The second kappa shape index (κ2) is 4.88. The van der Waals surface area contributed by atoms with Crippen molar-refractivity contribution in [3.63, 3.8) is 0 Å². The number of amides is 2. The van der Waals surface area contributed by atoms with Crippen LogP contribution in [0.5, 0.6) is 0 Å². The van der Waals surface area contributed by atoms with Crippen molar-refractivity contribution >= 4 is 28.6 Å². The van der Waals surface area contributed by atoms with Crippen molar-refractivity contribution < 1.29 is 4.79 Å². The Labute approximate surface area is 114 Å². The number of hydrogen-bond acceptors (Lipinski definition) is 5. The van der Waals surface area contributed by atoms with Crippen LogP contribution in [0, 0.1) is 0 Å². The third kappa shape index (κ3) is 2.01. The standard InChI is InChI=1S/C13H10N6O/c14-13(20)19(11-8-15-6-7-17-11)10-3-5-16-9-2-1-4-18-12(9)10/h1-8H,(H2,14,20). The smallest absolute Gasteiger partial charge is 0.325 e. The minimum Gasteiger partial charge on any atom is -0.351 e. The van der Waals surface area contributed by atoms with Crippen LogP contribution in [0.1, 0.15) is 0 Å². The van der Waals surface area contributed by atoms with Gasteiger partial charge in [-0.3, -0.25) is 15.0 Å². The molecule has 0 saturated carbocycles.